The summed E-state index contributed by atoms with van der Waals surface area (Å²) in [6, 6.07) is 18.7. The minimum Gasteiger partial charge on any atom is -0.359 e. The molecular formula is C14H11BrO. The van der Waals surface area contributed by atoms with Crippen molar-refractivity contribution < 1.29 is 4.74 Å². The van der Waals surface area contributed by atoms with Crippen molar-refractivity contribution in [1.29, 1.82) is 0 Å². The Morgan fingerprint density at radius 3 is 2.00 bits per heavy atom. The number of hydrogen-bond donors (Lipinski definition) is 0. The summed E-state index contributed by atoms with van der Waals surface area (Å²) in [6.45, 7) is 0.776. The largest absolute Gasteiger partial charge is 0.359 e. The van der Waals surface area contributed by atoms with Crippen LogP contribution in [0.3, 0.4) is 0 Å². The molecule has 0 N–H and O–H groups in total. The zero-order valence-electron chi connectivity index (χ0n) is 8.69. The molecule has 1 fully saturated rings. The molecule has 16 heavy (non-hydrogen) atoms. The maximum Gasteiger partial charge on any atom is 0.142 e. The molecule has 1 atom stereocenters. The van der Waals surface area contributed by atoms with Gasteiger partial charge in [0.1, 0.15) is 5.60 Å². The summed E-state index contributed by atoms with van der Waals surface area (Å²) in [5.41, 5.74) is 2.27. The Morgan fingerprint density at radius 2 is 1.44 bits per heavy atom. The van der Waals surface area contributed by atoms with E-state index in [1.165, 1.54) is 11.1 Å². The van der Waals surface area contributed by atoms with Crippen molar-refractivity contribution in [3.63, 3.8) is 0 Å². The van der Waals surface area contributed by atoms with Gasteiger partial charge in [-0.25, -0.2) is 0 Å². The Balaban J connectivity index is 2.03. The lowest BCUT2D eigenvalue weighted by atomic mass is 9.92. The Hall–Kier alpha value is -1.12. The van der Waals surface area contributed by atoms with Gasteiger partial charge in [0.05, 0.1) is 6.61 Å². The summed E-state index contributed by atoms with van der Waals surface area (Å²) in [5, 5.41) is 0. The second-order valence-electron chi connectivity index (χ2n) is 3.99. The van der Waals surface area contributed by atoms with Crippen LogP contribution in [0.5, 0.6) is 0 Å². The fourth-order valence-corrected chi connectivity index (χ4v) is 2.26. The standard InChI is InChI=1S/C14H11BrO/c15-13-8-6-12(7-9-13)14(10-16-14)11-4-2-1-3-5-11/h1-9H,10H2. The van der Waals surface area contributed by atoms with Crippen LogP contribution >= 0.6 is 15.9 Å². The molecule has 2 heteroatoms. The van der Waals surface area contributed by atoms with E-state index < -0.39 is 0 Å². The maximum absolute atomic E-state index is 5.69. The molecular weight excluding hydrogens is 264 g/mol. The summed E-state index contributed by atoms with van der Waals surface area (Å²) >= 11 is 3.45. The first-order valence-electron chi connectivity index (χ1n) is 5.27. The number of hydrogen-bond acceptors (Lipinski definition) is 1. The third-order valence-corrected chi connectivity index (χ3v) is 3.51. The van der Waals surface area contributed by atoms with Gasteiger partial charge in [0.2, 0.25) is 0 Å². The van der Waals surface area contributed by atoms with Gasteiger partial charge in [0.15, 0.2) is 0 Å². The molecule has 0 aromatic heterocycles. The molecule has 80 valence electrons. The fraction of sp³-hybridized carbons (Fsp3) is 0.143. The molecule has 0 bridgehead atoms. The van der Waals surface area contributed by atoms with Gasteiger partial charge in [0.25, 0.3) is 0 Å². The summed E-state index contributed by atoms with van der Waals surface area (Å²) in [5.74, 6) is 0. The Kier molecular flexibility index (Phi) is 2.34. The van der Waals surface area contributed by atoms with Gasteiger partial charge in [0, 0.05) is 4.47 Å². The molecule has 1 aliphatic rings. The smallest absolute Gasteiger partial charge is 0.142 e. The topological polar surface area (TPSA) is 12.5 Å². The molecule has 0 spiro atoms. The minimum atomic E-state index is -0.193. The quantitative estimate of drug-likeness (QED) is 0.761. The molecule has 0 aliphatic carbocycles. The van der Waals surface area contributed by atoms with Crippen LogP contribution in [0.25, 0.3) is 0 Å². The third-order valence-electron chi connectivity index (χ3n) is 2.98. The molecule has 1 heterocycles. The van der Waals surface area contributed by atoms with Crippen molar-refractivity contribution >= 4 is 15.9 Å². The van der Waals surface area contributed by atoms with Crippen molar-refractivity contribution in [2.24, 2.45) is 0 Å². The molecule has 2 aromatic rings. The zero-order valence-corrected chi connectivity index (χ0v) is 10.3. The van der Waals surface area contributed by atoms with Gasteiger partial charge in [-0.15, -0.1) is 0 Å². The third kappa shape index (κ3) is 1.58. The van der Waals surface area contributed by atoms with Crippen LogP contribution in [-0.2, 0) is 10.3 Å². The van der Waals surface area contributed by atoms with Crippen molar-refractivity contribution in [3.8, 4) is 0 Å². The van der Waals surface area contributed by atoms with Crippen molar-refractivity contribution in [2.45, 2.75) is 5.60 Å². The van der Waals surface area contributed by atoms with Gasteiger partial charge in [-0.3, -0.25) is 0 Å². The lowest BCUT2D eigenvalue weighted by Gasteiger charge is -2.12. The van der Waals surface area contributed by atoms with E-state index >= 15 is 0 Å². The van der Waals surface area contributed by atoms with Gasteiger partial charge < -0.3 is 4.74 Å². The number of ether oxygens (including phenoxy) is 1. The lowest BCUT2D eigenvalue weighted by molar-refractivity contribution is 0.349. The predicted octanol–water partition coefficient (Wildman–Crippen LogP) is 3.72. The van der Waals surface area contributed by atoms with E-state index in [4.69, 9.17) is 4.74 Å². The molecule has 1 aliphatic heterocycles. The highest BCUT2D eigenvalue weighted by Gasteiger charge is 2.47. The van der Waals surface area contributed by atoms with Crippen LogP contribution in [0.1, 0.15) is 11.1 Å². The molecule has 0 radical (unpaired) electrons. The molecule has 1 saturated heterocycles. The van der Waals surface area contributed by atoms with Crippen LogP contribution in [0.4, 0.5) is 0 Å². The highest BCUT2D eigenvalue weighted by atomic mass is 79.9. The summed E-state index contributed by atoms with van der Waals surface area (Å²) in [7, 11) is 0. The summed E-state index contributed by atoms with van der Waals surface area (Å²) in [6.07, 6.45) is 0. The van der Waals surface area contributed by atoms with E-state index in [0.29, 0.717) is 0 Å². The van der Waals surface area contributed by atoms with Gasteiger partial charge >= 0.3 is 0 Å². The number of benzene rings is 2. The summed E-state index contributed by atoms with van der Waals surface area (Å²) < 4.78 is 6.79. The highest BCUT2D eigenvalue weighted by Crippen LogP contribution is 2.45. The number of rotatable bonds is 2. The van der Waals surface area contributed by atoms with Gasteiger partial charge in [-0.1, -0.05) is 58.4 Å². The second kappa shape index (κ2) is 3.72. The molecule has 3 rings (SSSR count). The summed E-state index contributed by atoms with van der Waals surface area (Å²) in [4.78, 5) is 0. The first-order valence-corrected chi connectivity index (χ1v) is 6.06. The van der Waals surface area contributed by atoms with Crippen LogP contribution in [0.2, 0.25) is 0 Å². The van der Waals surface area contributed by atoms with Gasteiger partial charge in [-0.2, -0.15) is 0 Å². The van der Waals surface area contributed by atoms with E-state index in [1.54, 1.807) is 0 Å². The fourth-order valence-electron chi connectivity index (χ4n) is 2.00. The zero-order chi connectivity index (χ0) is 11.0. The van der Waals surface area contributed by atoms with Crippen LogP contribution in [-0.4, -0.2) is 6.61 Å². The average Bonchev–Trinajstić information content (AvgIpc) is 3.13. The Morgan fingerprint density at radius 1 is 0.875 bits per heavy atom. The number of halogens is 1. The minimum absolute atomic E-state index is 0.193. The van der Waals surface area contributed by atoms with Crippen molar-refractivity contribution in [1.82, 2.24) is 0 Å². The van der Waals surface area contributed by atoms with Crippen molar-refractivity contribution in [3.05, 3.63) is 70.2 Å². The molecule has 1 nitrogen and oxygen atoms in total. The molecule has 2 aromatic carbocycles. The molecule has 0 amide bonds. The van der Waals surface area contributed by atoms with Crippen LogP contribution < -0.4 is 0 Å². The highest BCUT2D eigenvalue weighted by molar-refractivity contribution is 9.10. The normalized spacial score (nSPS) is 23.1. The van der Waals surface area contributed by atoms with E-state index in [2.05, 4.69) is 64.5 Å². The van der Waals surface area contributed by atoms with E-state index in [9.17, 15) is 0 Å². The first kappa shape index (κ1) is 10.1. The first-order chi connectivity index (χ1) is 7.81. The Labute approximate surface area is 103 Å². The van der Waals surface area contributed by atoms with Crippen LogP contribution in [0.15, 0.2) is 59.1 Å². The van der Waals surface area contributed by atoms with E-state index in [0.717, 1.165) is 11.1 Å². The van der Waals surface area contributed by atoms with Crippen LogP contribution in [0, 0.1) is 0 Å². The average molecular weight is 275 g/mol. The molecule has 1 unspecified atom stereocenters. The Bertz CT molecular complexity index is 486. The number of epoxide rings is 1. The van der Waals surface area contributed by atoms with E-state index in [-0.39, 0.29) is 5.60 Å². The lowest BCUT2D eigenvalue weighted by Crippen LogP contribution is -2.10. The monoisotopic (exact) mass is 274 g/mol. The van der Waals surface area contributed by atoms with Gasteiger partial charge in [-0.05, 0) is 23.3 Å². The SMILES string of the molecule is Brc1ccc(C2(c3ccccc3)CO2)cc1. The van der Waals surface area contributed by atoms with Crippen molar-refractivity contribution in [2.75, 3.05) is 6.61 Å². The maximum atomic E-state index is 5.69. The molecule has 0 saturated carbocycles. The predicted molar refractivity (Wildman–Crippen MR) is 67.3 cm³/mol. The second-order valence-corrected chi connectivity index (χ2v) is 4.90. The van der Waals surface area contributed by atoms with E-state index in [1.807, 2.05) is 6.07 Å².